The molecule has 3 rings (SSSR count). The molecule has 0 saturated carbocycles. The summed E-state index contributed by atoms with van der Waals surface area (Å²) in [5, 5.41) is 5.81. The Labute approximate surface area is 166 Å². The largest absolute Gasteiger partial charge is 0.323 e. The number of thiazole rings is 1. The maximum absolute atomic E-state index is 12.4. The molecule has 0 spiro atoms. The van der Waals surface area contributed by atoms with Gasteiger partial charge in [-0.05, 0) is 36.2 Å². The molecule has 9 heteroatoms. The van der Waals surface area contributed by atoms with Gasteiger partial charge in [0.1, 0.15) is 0 Å². The van der Waals surface area contributed by atoms with E-state index < -0.39 is 15.9 Å². The summed E-state index contributed by atoms with van der Waals surface area (Å²) in [4.78, 5) is 16.4. The first-order valence-corrected chi connectivity index (χ1v) is 11.0. The summed E-state index contributed by atoms with van der Waals surface area (Å²) in [6.07, 6.45) is 0. The van der Waals surface area contributed by atoms with Gasteiger partial charge in [-0.15, -0.1) is 11.3 Å². The van der Waals surface area contributed by atoms with Gasteiger partial charge < -0.3 is 10.6 Å². The summed E-state index contributed by atoms with van der Waals surface area (Å²) in [6.45, 7) is 3.70. The molecule has 0 aliphatic carbocycles. The van der Waals surface area contributed by atoms with Gasteiger partial charge in [-0.3, -0.25) is 0 Å². The Balaban J connectivity index is 1.78. The fraction of sp³-hybridized carbons (Fsp3) is 0.222. The average Bonchev–Trinajstić information content (AvgIpc) is 3.00. The van der Waals surface area contributed by atoms with Crippen LogP contribution in [0.1, 0.15) is 13.8 Å². The zero-order chi connectivity index (χ0) is 19.6. The molecule has 0 bridgehead atoms. The predicted octanol–water partition coefficient (Wildman–Crippen LogP) is 5.02. The number of rotatable bonds is 5. The van der Waals surface area contributed by atoms with E-state index in [2.05, 4.69) is 15.6 Å². The molecule has 2 N–H and O–H groups in total. The van der Waals surface area contributed by atoms with E-state index in [4.69, 9.17) is 11.6 Å². The first-order valence-electron chi connectivity index (χ1n) is 8.20. The molecule has 0 fully saturated rings. The lowest BCUT2D eigenvalue weighted by molar-refractivity contribution is 0.262. The van der Waals surface area contributed by atoms with Gasteiger partial charge in [0.25, 0.3) is 0 Å². The maximum Gasteiger partial charge on any atom is 0.323 e. The number of nitrogens with zero attached hydrogens (tertiary/aromatic N) is 1. The minimum Gasteiger partial charge on any atom is -0.308 e. The van der Waals surface area contributed by atoms with Crippen LogP contribution in [0.15, 0.2) is 46.8 Å². The molecule has 0 atom stereocenters. The number of carbonyl (C=O) groups is 1. The van der Waals surface area contributed by atoms with Crippen LogP contribution in [0.2, 0.25) is 5.02 Å². The highest BCUT2D eigenvalue weighted by atomic mass is 35.5. The summed E-state index contributed by atoms with van der Waals surface area (Å²) in [7, 11) is -3.41. The fourth-order valence-electron chi connectivity index (χ4n) is 2.47. The SMILES string of the molecule is CC(C)CS(=O)(=O)c1nc2ccc(NC(=O)Nc3ccccc3Cl)cc2s1. The third kappa shape index (κ3) is 4.77. The third-order valence-electron chi connectivity index (χ3n) is 3.57. The van der Waals surface area contributed by atoms with Gasteiger partial charge in [0.2, 0.25) is 14.2 Å². The number of sulfone groups is 1. The van der Waals surface area contributed by atoms with Gasteiger partial charge in [0, 0.05) is 5.69 Å². The van der Waals surface area contributed by atoms with Gasteiger partial charge in [0.05, 0.1) is 26.7 Å². The summed E-state index contributed by atoms with van der Waals surface area (Å²) in [6, 6.07) is 11.5. The number of hydrogen-bond donors (Lipinski definition) is 2. The molecule has 0 aliphatic heterocycles. The van der Waals surface area contributed by atoms with E-state index in [1.54, 1.807) is 42.5 Å². The second-order valence-electron chi connectivity index (χ2n) is 6.40. The van der Waals surface area contributed by atoms with Crippen molar-refractivity contribution in [2.24, 2.45) is 5.92 Å². The molecule has 0 saturated heterocycles. The van der Waals surface area contributed by atoms with Crippen LogP contribution in [0, 0.1) is 5.92 Å². The van der Waals surface area contributed by atoms with Crippen molar-refractivity contribution in [3.8, 4) is 0 Å². The lowest BCUT2D eigenvalue weighted by Crippen LogP contribution is -2.19. The lowest BCUT2D eigenvalue weighted by atomic mass is 10.3. The van der Waals surface area contributed by atoms with Crippen LogP contribution in [0.4, 0.5) is 16.2 Å². The molecule has 0 unspecified atom stereocenters. The van der Waals surface area contributed by atoms with E-state index in [1.165, 1.54) is 0 Å². The highest BCUT2D eigenvalue weighted by molar-refractivity contribution is 7.93. The fourth-order valence-corrected chi connectivity index (χ4v) is 5.63. The van der Waals surface area contributed by atoms with E-state index >= 15 is 0 Å². The van der Waals surface area contributed by atoms with Crippen LogP contribution >= 0.6 is 22.9 Å². The molecule has 0 aliphatic rings. The lowest BCUT2D eigenvalue weighted by Gasteiger charge is -2.08. The summed E-state index contributed by atoms with van der Waals surface area (Å²) in [5.41, 5.74) is 1.61. The van der Waals surface area contributed by atoms with E-state index in [1.807, 2.05) is 13.8 Å². The van der Waals surface area contributed by atoms with Crippen molar-refractivity contribution in [1.29, 1.82) is 0 Å². The second kappa shape index (κ2) is 7.84. The molecule has 1 aromatic heterocycles. The van der Waals surface area contributed by atoms with Crippen molar-refractivity contribution in [1.82, 2.24) is 4.98 Å². The molecular weight excluding hydrogens is 406 g/mol. The van der Waals surface area contributed by atoms with E-state index in [0.717, 1.165) is 11.3 Å². The molecule has 1 heterocycles. The maximum atomic E-state index is 12.4. The topological polar surface area (TPSA) is 88.2 Å². The van der Waals surface area contributed by atoms with E-state index in [9.17, 15) is 13.2 Å². The first-order chi connectivity index (χ1) is 12.7. The summed E-state index contributed by atoms with van der Waals surface area (Å²) >= 11 is 7.13. The molecule has 2 aromatic carbocycles. The zero-order valence-electron chi connectivity index (χ0n) is 14.7. The number of halogens is 1. The van der Waals surface area contributed by atoms with Crippen molar-refractivity contribution < 1.29 is 13.2 Å². The van der Waals surface area contributed by atoms with Crippen LogP contribution in [-0.2, 0) is 9.84 Å². The standard InChI is InChI=1S/C18H18ClN3O3S2/c1-11(2)10-27(24,25)18-22-15-8-7-12(9-16(15)26-18)20-17(23)21-14-6-4-3-5-13(14)19/h3-9,11H,10H2,1-2H3,(H2,20,21,23). The van der Waals surface area contributed by atoms with Crippen molar-refractivity contribution in [2.75, 3.05) is 16.4 Å². The minimum atomic E-state index is -3.41. The third-order valence-corrected chi connectivity index (χ3v) is 7.45. The van der Waals surface area contributed by atoms with Crippen molar-refractivity contribution in [3.05, 3.63) is 47.5 Å². The highest BCUT2D eigenvalue weighted by Gasteiger charge is 2.21. The average molecular weight is 424 g/mol. The number of nitrogens with one attached hydrogen (secondary N) is 2. The number of hydrogen-bond acceptors (Lipinski definition) is 5. The van der Waals surface area contributed by atoms with Gasteiger partial charge >= 0.3 is 6.03 Å². The number of para-hydroxylation sites is 1. The summed E-state index contributed by atoms with van der Waals surface area (Å²) in [5.74, 6) is 0.0748. The zero-order valence-corrected chi connectivity index (χ0v) is 17.1. The van der Waals surface area contributed by atoms with Crippen LogP contribution in [0.25, 0.3) is 10.2 Å². The Hall–Kier alpha value is -2.16. The predicted molar refractivity (Wildman–Crippen MR) is 111 cm³/mol. The number of amides is 2. The van der Waals surface area contributed by atoms with Gasteiger partial charge in [0.15, 0.2) is 0 Å². The molecule has 2 amide bonds. The highest BCUT2D eigenvalue weighted by Crippen LogP contribution is 2.29. The first kappa shape index (κ1) is 19.6. The van der Waals surface area contributed by atoms with Crippen molar-refractivity contribution >= 4 is 60.4 Å². The second-order valence-corrected chi connectivity index (χ2v) is 10.0. The summed E-state index contributed by atoms with van der Waals surface area (Å²) < 4.78 is 25.5. The molecule has 142 valence electrons. The number of benzene rings is 2. The number of fused-ring (bicyclic) bond motifs is 1. The van der Waals surface area contributed by atoms with Gasteiger partial charge in [-0.1, -0.05) is 37.6 Å². The molecular formula is C18H18ClN3O3S2. The van der Waals surface area contributed by atoms with Crippen molar-refractivity contribution in [2.45, 2.75) is 18.2 Å². The number of aromatic nitrogens is 1. The Morgan fingerprint density at radius 1 is 1.19 bits per heavy atom. The van der Waals surface area contributed by atoms with Gasteiger partial charge in [-0.25, -0.2) is 18.2 Å². The van der Waals surface area contributed by atoms with Gasteiger partial charge in [-0.2, -0.15) is 0 Å². The molecule has 0 radical (unpaired) electrons. The van der Waals surface area contributed by atoms with Crippen LogP contribution in [-0.4, -0.2) is 25.2 Å². The van der Waals surface area contributed by atoms with E-state index in [0.29, 0.717) is 26.6 Å². The Morgan fingerprint density at radius 2 is 1.93 bits per heavy atom. The number of anilines is 2. The monoisotopic (exact) mass is 423 g/mol. The Kier molecular flexibility index (Phi) is 5.69. The van der Waals surface area contributed by atoms with Crippen LogP contribution < -0.4 is 10.6 Å². The number of urea groups is 1. The Morgan fingerprint density at radius 3 is 2.63 bits per heavy atom. The molecule has 27 heavy (non-hydrogen) atoms. The van der Waals surface area contributed by atoms with E-state index in [-0.39, 0.29) is 16.0 Å². The minimum absolute atomic E-state index is 0.0211. The molecule has 3 aromatic rings. The number of carbonyl (C=O) groups excluding carboxylic acids is 1. The van der Waals surface area contributed by atoms with Crippen LogP contribution in [0.5, 0.6) is 0 Å². The molecule has 6 nitrogen and oxygen atoms in total. The van der Waals surface area contributed by atoms with Crippen molar-refractivity contribution in [3.63, 3.8) is 0 Å². The van der Waals surface area contributed by atoms with Crippen LogP contribution in [0.3, 0.4) is 0 Å². The smallest absolute Gasteiger partial charge is 0.308 e. The quantitative estimate of drug-likeness (QED) is 0.602. The normalized spacial score (nSPS) is 11.7. The Bertz CT molecular complexity index is 1090.